The van der Waals surface area contributed by atoms with Crippen molar-refractivity contribution >= 4 is 0 Å². The molecular weight excluding hydrogens is 242 g/mol. The smallest absolute Gasteiger partial charge is 0.247 e. The minimum atomic E-state index is 0.110. The van der Waals surface area contributed by atoms with E-state index in [0.717, 1.165) is 30.8 Å². The van der Waals surface area contributed by atoms with Crippen LogP contribution in [0.25, 0.3) is 11.5 Å². The summed E-state index contributed by atoms with van der Waals surface area (Å²) in [6.45, 7) is 2.84. The van der Waals surface area contributed by atoms with Crippen LogP contribution in [0, 0.1) is 0 Å². The lowest BCUT2D eigenvalue weighted by molar-refractivity contribution is 0.357. The molecule has 1 aromatic heterocycles. The highest BCUT2D eigenvalue weighted by atomic mass is 16.5. The first kappa shape index (κ1) is 12.2. The number of nitrogens with zero attached hydrogens (tertiary/aromatic N) is 2. The van der Waals surface area contributed by atoms with Crippen LogP contribution in [0.2, 0.25) is 0 Å². The predicted molar refractivity (Wildman–Crippen MR) is 71.0 cm³/mol. The number of hydrogen-bond donors (Lipinski definition) is 1. The summed E-state index contributed by atoms with van der Waals surface area (Å²) in [6.07, 6.45) is 1.86. The van der Waals surface area contributed by atoms with Crippen molar-refractivity contribution in [2.75, 3.05) is 13.7 Å². The summed E-state index contributed by atoms with van der Waals surface area (Å²) in [7, 11) is 1.89. The van der Waals surface area contributed by atoms with Crippen LogP contribution in [-0.2, 0) is 6.42 Å². The maximum atomic E-state index is 5.75. The second-order valence-corrected chi connectivity index (χ2v) is 4.62. The Hall–Kier alpha value is -1.88. The van der Waals surface area contributed by atoms with E-state index in [1.54, 1.807) is 0 Å². The molecule has 1 aliphatic rings. The lowest BCUT2D eigenvalue weighted by Crippen LogP contribution is -2.15. The fourth-order valence-electron chi connectivity index (χ4n) is 2.31. The molecule has 1 unspecified atom stereocenters. The van der Waals surface area contributed by atoms with Crippen LogP contribution in [0.5, 0.6) is 5.75 Å². The monoisotopic (exact) mass is 259 g/mol. The van der Waals surface area contributed by atoms with Crippen molar-refractivity contribution in [1.82, 2.24) is 15.5 Å². The number of nitrogens with one attached hydrogen (secondary N) is 1. The van der Waals surface area contributed by atoms with Gasteiger partial charge < -0.3 is 14.5 Å². The Balaban J connectivity index is 1.90. The average molecular weight is 259 g/mol. The van der Waals surface area contributed by atoms with E-state index >= 15 is 0 Å². The van der Waals surface area contributed by atoms with E-state index in [2.05, 4.69) is 28.5 Å². The van der Waals surface area contributed by atoms with E-state index in [9.17, 15) is 0 Å². The Morgan fingerprint density at radius 3 is 3.05 bits per heavy atom. The van der Waals surface area contributed by atoms with E-state index in [4.69, 9.17) is 9.15 Å². The molecule has 5 heteroatoms. The summed E-state index contributed by atoms with van der Waals surface area (Å²) in [4.78, 5) is 0. The zero-order valence-corrected chi connectivity index (χ0v) is 11.1. The zero-order valence-electron chi connectivity index (χ0n) is 11.1. The summed E-state index contributed by atoms with van der Waals surface area (Å²) in [5, 5.41) is 11.4. The largest absolute Gasteiger partial charge is 0.493 e. The van der Waals surface area contributed by atoms with Gasteiger partial charge in [-0.3, -0.25) is 0 Å². The first-order valence-electron chi connectivity index (χ1n) is 6.58. The van der Waals surface area contributed by atoms with Crippen LogP contribution < -0.4 is 10.1 Å². The van der Waals surface area contributed by atoms with Crippen LogP contribution >= 0.6 is 0 Å². The Bertz CT molecular complexity index is 576. The number of benzene rings is 1. The number of aromatic nitrogens is 2. The standard InChI is InChI=1S/C14H17N3O2/c1-3-11(15-2)14-17-16-13(19-14)10-4-5-12-9(8-10)6-7-18-12/h4-5,8,11,15H,3,6-7H2,1-2H3. The number of ether oxygens (including phenoxy) is 1. The van der Waals surface area contributed by atoms with Gasteiger partial charge in [0.25, 0.3) is 0 Å². The topological polar surface area (TPSA) is 60.2 Å². The highest BCUT2D eigenvalue weighted by Gasteiger charge is 2.18. The van der Waals surface area contributed by atoms with Gasteiger partial charge in [-0.1, -0.05) is 6.92 Å². The molecule has 2 aromatic rings. The van der Waals surface area contributed by atoms with Gasteiger partial charge in [0.15, 0.2) is 0 Å². The summed E-state index contributed by atoms with van der Waals surface area (Å²) >= 11 is 0. The molecule has 0 fully saturated rings. The van der Waals surface area contributed by atoms with Gasteiger partial charge in [-0.25, -0.2) is 0 Å². The normalized spacial score (nSPS) is 15.1. The highest BCUT2D eigenvalue weighted by molar-refractivity contribution is 5.57. The molecule has 0 radical (unpaired) electrons. The second-order valence-electron chi connectivity index (χ2n) is 4.62. The number of fused-ring (bicyclic) bond motifs is 1. The fourth-order valence-corrected chi connectivity index (χ4v) is 2.31. The minimum absolute atomic E-state index is 0.110. The summed E-state index contributed by atoms with van der Waals surface area (Å²) in [5.41, 5.74) is 2.16. The van der Waals surface area contributed by atoms with E-state index in [1.807, 2.05) is 19.2 Å². The molecule has 100 valence electrons. The summed E-state index contributed by atoms with van der Waals surface area (Å²) < 4.78 is 11.2. The third-order valence-electron chi connectivity index (χ3n) is 3.43. The van der Waals surface area contributed by atoms with Crippen LogP contribution in [0.1, 0.15) is 30.8 Å². The van der Waals surface area contributed by atoms with E-state index in [0.29, 0.717) is 11.8 Å². The van der Waals surface area contributed by atoms with Crippen molar-refractivity contribution in [3.63, 3.8) is 0 Å². The molecule has 1 atom stereocenters. The SMILES string of the molecule is CCC(NC)c1nnc(-c2ccc3c(c2)CCO3)o1. The molecule has 0 spiro atoms. The van der Waals surface area contributed by atoms with Crippen LogP contribution in [0.4, 0.5) is 0 Å². The molecule has 1 aromatic carbocycles. The van der Waals surface area contributed by atoms with Crippen molar-refractivity contribution in [3.05, 3.63) is 29.7 Å². The van der Waals surface area contributed by atoms with Gasteiger partial charge in [0.05, 0.1) is 12.6 Å². The van der Waals surface area contributed by atoms with Crippen molar-refractivity contribution < 1.29 is 9.15 Å². The van der Waals surface area contributed by atoms with E-state index in [1.165, 1.54) is 5.56 Å². The molecule has 1 aliphatic heterocycles. The molecule has 0 bridgehead atoms. The van der Waals surface area contributed by atoms with E-state index < -0.39 is 0 Å². The summed E-state index contributed by atoms with van der Waals surface area (Å²) in [6, 6.07) is 6.11. The molecule has 0 saturated carbocycles. The lowest BCUT2D eigenvalue weighted by atomic mass is 10.1. The number of hydrogen-bond acceptors (Lipinski definition) is 5. The van der Waals surface area contributed by atoms with Gasteiger partial charge in [0.1, 0.15) is 5.75 Å². The van der Waals surface area contributed by atoms with Crippen molar-refractivity contribution in [2.45, 2.75) is 25.8 Å². The molecule has 0 saturated heterocycles. The lowest BCUT2D eigenvalue weighted by Gasteiger charge is -2.07. The molecular formula is C14H17N3O2. The van der Waals surface area contributed by atoms with Gasteiger partial charge >= 0.3 is 0 Å². The first-order valence-corrected chi connectivity index (χ1v) is 6.58. The highest BCUT2D eigenvalue weighted by Crippen LogP contribution is 2.30. The molecule has 19 heavy (non-hydrogen) atoms. The summed E-state index contributed by atoms with van der Waals surface area (Å²) in [5.74, 6) is 2.17. The van der Waals surface area contributed by atoms with Gasteiger partial charge in [-0.05, 0) is 37.2 Å². The quantitative estimate of drug-likeness (QED) is 0.913. The molecule has 0 aliphatic carbocycles. The molecule has 1 N–H and O–H groups in total. The third kappa shape index (κ3) is 2.21. The molecule has 3 rings (SSSR count). The van der Waals surface area contributed by atoms with E-state index in [-0.39, 0.29) is 6.04 Å². The Morgan fingerprint density at radius 1 is 1.37 bits per heavy atom. The van der Waals surface area contributed by atoms with Crippen molar-refractivity contribution in [1.29, 1.82) is 0 Å². The van der Waals surface area contributed by atoms with Crippen LogP contribution in [-0.4, -0.2) is 23.9 Å². The van der Waals surface area contributed by atoms with Crippen LogP contribution in [0.15, 0.2) is 22.6 Å². The van der Waals surface area contributed by atoms with Gasteiger partial charge in [-0.15, -0.1) is 10.2 Å². The van der Waals surface area contributed by atoms with Gasteiger partial charge in [0.2, 0.25) is 11.8 Å². The first-order chi connectivity index (χ1) is 9.31. The van der Waals surface area contributed by atoms with Crippen LogP contribution in [0.3, 0.4) is 0 Å². The maximum absolute atomic E-state index is 5.75. The number of rotatable bonds is 4. The fraction of sp³-hybridized carbons (Fsp3) is 0.429. The second kappa shape index (κ2) is 5.01. The Morgan fingerprint density at radius 2 is 2.26 bits per heavy atom. The Kier molecular flexibility index (Phi) is 3.21. The van der Waals surface area contributed by atoms with Crippen molar-refractivity contribution in [2.24, 2.45) is 0 Å². The molecule has 5 nitrogen and oxygen atoms in total. The van der Waals surface area contributed by atoms with Gasteiger partial charge in [0, 0.05) is 12.0 Å². The maximum Gasteiger partial charge on any atom is 0.247 e. The average Bonchev–Trinajstić information content (AvgIpc) is 3.08. The predicted octanol–water partition coefficient (Wildman–Crippen LogP) is 2.34. The minimum Gasteiger partial charge on any atom is -0.493 e. The zero-order chi connectivity index (χ0) is 13.2. The van der Waals surface area contributed by atoms with Gasteiger partial charge in [-0.2, -0.15) is 0 Å². The third-order valence-corrected chi connectivity index (χ3v) is 3.43. The molecule has 0 amide bonds. The van der Waals surface area contributed by atoms with Crippen molar-refractivity contribution in [3.8, 4) is 17.2 Å². The Labute approximate surface area is 112 Å². The molecule has 2 heterocycles.